The number of nitrogens with one attached hydrogen (secondary N) is 1. The van der Waals surface area contributed by atoms with Crippen LogP contribution in [0.15, 0.2) is 12.2 Å². The molecule has 2 heteroatoms. The van der Waals surface area contributed by atoms with E-state index in [1.807, 2.05) is 0 Å². The topological polar surface area (TPSA) is 21.3 Å². The Morgan fingerprint density at radius 2 is 2.13 bits per heavy atom. The normalized spacial score (nSPS) is 22.7. The highest BCUT2D eigenvalue weighted by molar-refractivity contribution is 4.86. The van der Waals surface area contributed by atoms with Crippen LogP contribution in [0.1, 0.15) is 46.5 Å². The third-order valence-electron chi connectivity index (χ3n) is 2.56. The van der Waals surface area contributed by atoms with Crippen molar-refractivity contribution >= 4 is 0 Å². The van der Waals surface area contributed by atoms with E-state index < -0.39 is 0 Å². The lowest BCUT2D eigenvalue weighted by molar-refractivity contribution is 0.113. The van der Waals surface area contributed by atoms with E-state index >= 15 is 0 Å². The molecule has 0 spiro atoms. The summed E-state index contributed by atoms with van der Waals surface area (Å²) in [7, 11) is 0. The first-order valence-corrected chi connectivity index (χ1v) is 6.09. The van der Waals surface area contributed by atoms with Crippen molar-refractivity contribution in [1.29, 1.82) is 0 Å². The van der Waals surface area contributed by atoms with E-state index in [4.69, 9.17) is 4.74 Å². The van der Waals surface area contributed by atoms with Gasteiger partial charge in [0.25, 0.3) is 0 Å². The van der Waals surface area contributed by atoms with Crippen LogP contribution in [0.5, 0.6) is 0 Å². The first kappa shape index (κ1) is 12.7. The van der Waals surface area contributed by atoms with Crippen molar-refractivity contribution in [3.63, 3.8) is 0 Å². The summed E-state index contributed by atoms with van der Waals surface area (Å²) < 4.78 is 5.55. The maximum atomic E-state index is 5.55. The molecule has 1 heterocycles. The molecule has 2 nitrogen and oxygen atoms in total. The van der Waals surface area contributed by atoms with E-state index in [0.29, 0.717) is 6.10 Å². The zero-order chi connectivity index (χ0) is 11.1. The van der Waals surface area contributed by atoms with Crippen LogP contribution in [-0.4, -0.2) is 24.8 Å². The smallest absolute Gasteiger partial charge is 0.0610 e. The fraction of sp³-hybridized carbons (Fsp3) is 0.846. The van der Waals surface area contributed by atoms with Crippen molar-refractivity contribution < 1.29 is 4.74 Å². The monoisotopic (exact) mass is 211 g/mol. The Kier molecular flexibility index (Phi) is 5.34. The highest BCUT2D eigenvalue weighted by Gasteiger charge is 2.12. The van der Waals surface area contributed by atoms with Crippen molar-refractivity contribution in [3.8, 4) is 0 Å². The van der Waals surface area contributed by atoms with E-state index in [1.165, 1.54) is 12.8 Å². The predicted octanol–water partition coefficient (Wildman–Crippen LogP) is 2.89. The SMILES string of the molecule is CC(C)(C)NCCC=CCC1CCCO1. The van der Waals surface area contributed by atoms with E-state index in [2.05, 4.69) is 38.2 Å². The fourth-order valence-electron chi connectivity index (χ4n) is 1.73. The van der Waals surface area contributed by atoms with Crippen LogP contribution in [0.25, 0.3) is 0 Å². The number of ether oxygens (including phenoxy) is 1. The summed E-state index contributed by atoms with van der Waals surface area (Å²) in [5.74, 6) is 0. The standard InChI is InChI=1S/C13H25NO/c1-13(2,3)14-10-6-4-5-8-12-9-7-11-15-12/h4-5,12,14H,6-11H2,1-3H3. The number of hydrogen-bond acceptors (Lipinski definition) is 2. The van der Waals surface area contributed by atoms with Crippen molar-refractivity contribution in [2.24, 2.45) is 0 Å². The van der Waals surface area contributed by atoms with Gasteiger partial charge in [0.1, 0.15) is 0 Å². The molecule has 15 heavy (non-hydrogen) atoms. The Bertz CT molecular complexity index is 187. The zero-order valence-corrected chi connectivity index (χ0v) is 10.4. The number of rotatable bonds is 5. The molecule has 0 aromatic carbocycles. The lowest BCUT2D eigenvalue weighted by atomic mass is 10.1. The summed E-state index contributed by atoms with van der Waals surface area (Å²) in [6.07, 6.45) is 9.71. The van der Waals surface area contributed by atoms with Crippen molar-refractivity contribution in [2.45, 2.75) is 58.1 Å². The highest BCUT2D eigenvalue weighted by atomic mass is 16.5. The van der Waals surface area contributed by atoms with Crippen LogP contribution in [-0.2, 0) is 4.74 Å². The Labute approximate surface area is 94.1 Å². The summed E-state index contributed by atoms with van der Waals surface area (Å²) in [6, 6.07) is 0. The Morgan fingerprint density at radius 3 is 2.73 bits per heavy atom. The summed E-state index contributed by atoms with van der Waals surface area (Å²) >= 11 is 0. The molecule has 1 fully saturated rings. The Balaban J connectivity index is 1.97. The molecule has 0 aliphatic carbocycles. The molecule has 1 aliphatic rings. The van der Waals surface area contributed by atoms with Gasteiger partial charge in [-0.2, -0.15) is 0 Å². The van der Waals surface area contributed by atoms with Gasteiger partial charge >= 0.3 is 0 Å². The highest BCUT2D eigenvalue weighted by Crippen LogP contribution is 2.15. The minimum absolute atomic E-state index is 0.238. The van der Waals surface area contributed by atoms with Gasteiger partial charge in [-0.05, 0) is 53.0 Å². The second kappa shape index (κ2) is 6.29. The molecular weight excluding hydrogens is 186 g/mol. The summed E-state index contributed by atoms with van der Waals surface area (Å²) in [6.45, 7) is 8.62. The van der Waals surface area contributed by atoms with E-state index in [1.54, 1.807) is 0 Å². The van der Waals surface area contributed by atoms with Crippen LogP contribution in [0, 0.1) is 0 Å². The lowest BCUT2D eigenvalue weighted by Crippen LogP contribution is -2.36. The molecule has 0 aromatic rings. The molecule has 88 valence electrons. The van der Waals surface area contributed by atoms with Crippen molar-refractivity contribution in [1.82, 2.24) is 5.32 Å². The van der Waals surface area contributed by atoms with Crippen LogP contribution in [0.2, 0.25) is 0 Å². The molecule has 0 amide bonds. The third-order valence-corrected chi connectivity index (χ3v) is 2.56. The minimum atomic E-state index is 0.238. The molecule has 1 atom stereocenters. The Morgan fingerprint density at radius 1 is 1.33 bits per heavy atom. The minimum Gasteiger partial charge on any atom is -0.378 e. The average molecular weight is 211 g/mol. The maximum Gasteiger partial charge on any atom is 0.0610 e. The molecule has 1 unspecified atom stereocenters. The largest absolute Gasteiger partial charge is 0.378 e. The van der Waals surface area contributed by atoms with Gasteiger partial charge in [-0.1, -0.05) is 12.2 Å². The second-order valence-corrected chi connectivity index (χ2v) is 5.31. The summed E-state index contributed by atoms with van der Waals surface area (Å²) in [5.41, 5.74) is 0.238. The first-order valence-electron chi connectivity index (χ1n) is 6.09. The van der Waals surface area contributed by atoms with Gasteiger partial charge < -0.3 is 10.1 Å². The van der Waals surface area contributed by atoms with Gasteiger partial charge in [0.2, 0.25) is 0 Å². The zero-order valence-electron chi connectivity index (χ0n) is 10.4. The predicted molar refractivity (Wildman–Crippen MR) is 65.1 cm³/mol. The van der Waals surface area contributed by atoms with Gasteiger partial charge in [-0.25, -0.2) is 0 Å². The lowest BCUT2D eigenvalue weighted by Gasteiger charge is -2.19. The molecule has 1 rings (SSSR count). The van der Waals surface area contributed by atoms with E-state index in [-0.39, 0.29) is 5.54 Å². The van der Waals surface area contributed by atoms with Crippen molar-refractivity contribution in [3.05, 3.63) is 12.2 Å². The quantitative estimate of drug-likeness (QED) is 0.557. The van der Waals surface area contributed by atoms with Crippen LogP contribution < -0.4 is 5.32 Å². The van der Waals surface area contributed by atoms with Crippen LogP contribution in [0.4, 0.5) is 0 Å². The summed E-state index contributed by atoms with van der Waals surface area (Å²) in [4.78, 5) is 0. The molecule has 0 saturated carbocycles. The van der Waals surface area contributed by atoms with Gasteiger partial charge in [-0.15, -0.1) is 0 Å². The molecular formula is C13H25NO. The van der Waals surface area contributed by atoms with E-state index in [0.717, 1.165) is 26.0 Å². The summed E-state index contributed by atoms with van der Waals surface area (Å²) in [5, 5.41) is 3.47. The van der Waals surface area contributed by atoms with E-state index in [9.17, 15) is 0 Å². The first-order chi connectivity index (χ1) is 7.08. The van der Waals surface area contributed by atoms with Gasteiger partial charge in [0, 0.05) is 12.1 Å². The van der Waals surface area contributed by atoms with Crippen molar-refractivity contribution in [2.75, 3.05) is 13.2 Å². The van der Waals surface area contributed by atoms with Crippen LogP contribution in [0.3, 0.4) is 0 Å². The Hall–Kier alpha value is -0.340. The van der Waals surface area contributed by atoms with Gasteiger partial charge in [-0.3, -0.25) is 0 Å². The molecule has 0 aromatic heterocycles. The number of hydrogen-bond donors (Lipinski definition) is 1. The third kappa shape index (κ3) is 6.69. The molecule has 1 aliphatic heterocycles. The molecule has 0 bridgehead atoms. The molecule has 1 N–H and O–H groups in total. The van der Waals surface area contributed by atoms with Crippen LogP contribution >= 0.6 is 0 Å². The van der Waals surface area contributed by atoms with Gasteiger partial charge in [0.15, 0.2) is 0 Å². The molecule has 0 radical (unpaired) electrons. The maximum absolute atomic E-state index is 5.55. The second-order valence-electron chi connectivity index (χ2n) is 5.31. The van der Waals surface area contributed by atoms with Gasteiger partial charge in [0.05, 0.1) is 6.10 Å². The average Bonchev–Trinajstić information content (AvgIpc) is 2.61. The molecule has 1 saturated heterocycles. The fourth-order valence-corrected chi connectivity index (χ4v) is 1.73.